The maximum absolute atomic E-state index is 12.7. The van der Waals surface area contributed by atoms with Gasteiger partial charge in [0, 0.05) is 6.42 Å². The van der Waals surface area contributed by atoms with Gasteiger partial charge in [-0.05, 0) is 12.8 Å². The van der Waals surface area contributed by atoms with Gasteiger partial charge in [0.05, 0.1) is 0 Å². The number of carboxylic acid groups (broad SMARTS) is 1. The normalized spacial score (nSPS) is 15.6. The van der Waals surface area contributed by atoms with Gasteiger partial charge in [-0.1, -0.05) is 0 Å². The highest BCUT2D eigenvalue weighted by molar-refractivity contribution is 5.72. The summed E-state index contributed by atoms with van der Waals surface area (Å²) in [6, 6.07) is -1.58. The summed E-state index contributed by atoms with van der Waals surface area (Å²) in [5.74, 6) is -13.0. The number of carboxylic acids is 1. The first-order valence-corrected chi connectivity index (χ1v) is 4.63. The average Bonchev–Trinajstić information content (AvgIpc) is 2.14. The summed E-state index contributed by atoms with van der Waals surface area (Å²) in [6.07, 6.45) is -9.67. The number of nitrogens with two attached hydrogens (primary N) is 1. The van der Waals surface area contributed by atoms with E-state index in [4.69, 9.17) is 10.8 Å². The van der Waals surface area contributed by atoms with Crippen molar-refractivity contribution in [2.75, 3.05) is 0 Å². The van der Waals surface area contributed by atoms with E-state index >= 15 is 0 Å². The second-order valence-electron chi connectivity index (χ2n) is 3.61. The van der Waals surface area contributed by atoms with Crippen molar-refractivity contribution >= 4 is 5.97 Å². The Bertz CT molecular complexity index is 302. The van der Waals surface area contributed by atoms with Crippen molar-refractivity contribution in [1.82, 2.24) is 0 Å². The summed E-state index contributed by atoms with van der Waals surface area (Å²) in [5, 5.41) is 8.26. The molecule has 3 nitrogen and oxygen atoms in total. The highest BCUT2D eigenvalue weighted by Crippen LogP contribution is 2.48. The van der Waals surface area contributed by atoms with Gasteiger partial charge in [0.15, 0.2) is 0 Å². The van der Waals surface area contributed by atoms with Gasteiger partial charge >= 0.3 is 24.0 Å². The Kier molecular flexibility index (Phi) is 4.98. The quantitative estimate of drug-likeness (QED) is 0.737. The molecule has 1 atom stereocenters. The first kappa shape index (κ1) is 16.9. The third-order valence-electron chi connectivity index (χ3n) is 2.14. The van der Waals surface area contributed by atoms with Crippen LogP contribution in [0.25, 0.3) is 0 Å². The number of carbonyl (C=O) groups is 1. The van der Waals surface area contributed by atoms with Crippen LogP contribution in [0.3, 0.4) is 0 Å². The molecule has 1 unspecified atom stereocenters. The van der Waals surface area contributed by atoms with Crippen molar-refractivity contribution in [2.45, 2.75) is 43.3 Å². The third-order valence-corrected chi connectivity index (χ3v) is 2.14. The van der Waals surface area contributed by atoms with Crippen molar-refractivity contribution in [3.8, 4) is 0 Å². The first-order valence-electron chi connectivity index (χ1n) is 4.63. The van der Waals surface area contributed by atoms with Crippen LogP contribution in [0.15, 0.2) is 0 Å². The summed E-state index contributed by atoms with van der Waals surface area (Å²) in [6.45, 7) is 0. The molecule has 0 aliphatic carbocycles. The predicted octanol–water partition coefficient (Wildman–Crippen LogP) is 2.40. The molecule has 0 radical (unpaired) electrons. The molecule has 0 bridgehead atoms. The van der Waals surface area contributed by atoms with E-state index in [1.807, 2.05) is 0 Å². The van der Waals surface area contributed by atoms with Gasteiger partial charge in [0.25, 0.3) is 0 Å². The van der Waals surface area contributed by atoms with Crippen molar-refractivity contribution in [3.63, 3.8) is 0 Å². The molecule has 0 spiro atoms. The van der Waals surface area contributed by atoms with Gasteiger partial charge in [0.2, 0.25) is 0 Å². The van der Waals surface area contributed by atoms with Crippen molar-refractivity contribution in [1.29, 1.82) is 0 Å². The molecule has 0 amide bonds. The van der Waals surface area contributed by atoms with Crippen LogP contribution in [0.2, 0.25) is 0 Å². The second kappa shape index (κ2) is 5.29. The summed E-state index contributed by atoms with van der Waals surface area (Å²) >= 11 is 0. The Balaban J connectivity index is 4.54. The summed E-state index contributed by atoms with van der Waals surface area (Å²) in [4.78, 5) is 10.2. The molecule has 108 valence electrons. The minimum absolute atomic E-state index is 0.626. The van der Waals surface area contributed by atoms with Gasteiger partial charge in [-0.25, -0.2) is 0 Å². The molecule has 0 rings (SSSR count). The van der Waals surface area contributed by atoms with Crippen LogP contribution in [0, 0.1) is 0 Å². The summed E-state index contributed by atoms with van der Waals surface area (Å²) in [5.41, 5.74) is 4.89. The zero-order valence-corrected chi connectivity index (χ0v) is 8.78. The van der Waals surface area contributed by atoms with Gasteiger partial charge in [0.1, 0.15) is 6.04 Å². The average molecular weight is 285 g/mol. The molecule has 0 heterocycles. The van der Waals surface area contributed by atoms with Gasteiger partial charge in [-0.15, -0.1) is 0 Å². The Hall–Kier alpha value is -1.06. The third kappa shape index (κ3) is 3.72. The van der Waals surface area contributed by atoms with Crippen molar-refractivity contribution in [3.05, 3.63) is 0 Å². The molecule has 0 saturated heterocycles. The van der Waals surface area contributed by atoms with Crippen LogP contribution < -0.4 is 5.73 Å². The SMILES string of the molecule is NC(CCCC(F)(F)C(F)(F)C(F)(F)F)C(=O)O. The van der Waals surface area contributed by atoms with Gasteiger partial charge in [-0.3, -0.25) is 4.79 Å². The van der Waals surface area contributed by atoms with E-state index in [2.05, 4.69) is 0 Å². The van der Waals surface area contributed by atoms with Gasteiger partial charge < -0.3 is 10.8 Å². The fraction of sp³-hybridized carbons (Fsp3) is 0.875. The lowest BCUT2D eigenvalue weighted by Gasteiger charge is -2.28. The molecule has 0 aliphatic heterocycles. The molecule has 18 heavy (non-hydrogen) atoms. The molecule has 10 heteroatoms. The van der Waals surface area contributed by atoms with E-state index in [0.29, 0.717) is 0 Å². The summed E-state index contributed by atoms with van der Waals surface area (Å²) < 4.78 is 85.2. The lowest BCUT2D eigenvalue weighted by Crippen LogP contribution is -2.51. The molecular formula is C8H10F7NO2. The minimum atomic E-state index is -6.37. The van der Waals surface area contributed by atoms with E-state index in [1.54, 1.807) is 0 Å². The van der Waals surface area contributed by atoms with Crippen LogP contribution >= 0.6 is 0 Å². The lowest BCUT2D eigenvalue weighted by molar-refractivity contribution is -0.355. The molecule has 0 aliphatic rings. The summed E-state index contributed by atoms with van der Waals surface area (Å²) in [7, 11) is 0. The van der Waals surface area contributed by atoms with E-state index in [-0.39, 0.29) is 0 Å². The van der Waals surface area contributed by atoms with Crippen LogP contribution in [0.4, 0.5) is 30.7 Å². The minimum Gasteiger partial charge on any atom is -0.480 e. The molecule has 3 N–H and O–H groups in total. The van der Waals surface area contributed by atoms with E-state index in [1.165, 1.54) is 0 Å². The highest BCUT2D eigenvalue weighted by Gasteiger charge is 2.72. The standard InChI is InChI=1S/C8H10F7NO2/c9-6(10,7(11,12)8(13,14)15)3-1-2-4(16)5(17)18/h4H,1-3,16H2,(H,17,18). The number of hydrogen-bond acceptors (Lipinski definition) is 2. The fourth-order valence-electron chi connectivity index (χ4n) is 1.03. The Morgan fingerprint density at radius 1 is 1.11 bits per heavy atom. The topological polar surface area (TPSA) is 63.3 Å². The molecule has 0 aromatic rings. The van der Waals surface area contributed by atoms with E-state index in [9.17, 15) is 35.5 Å². The fourth-order valence-corrected chi connectivity index (χ4v) is 1.03. The zero-order chi connectivity index (χ0) is 14.8. The van der Waals surface area contributed by atoms with Crippen LogP contribution in [0.1, 0.15) is 19.3 Å². The van der Waals surface area contributed by atoms with Crippen LogP contribution in [0.5, 0.6) is 0 Å². The lowest BCUT2D eigenvalue weighted by atomic mass is 10.0. The number of hydrogen-bond donors (Lipinski definition) is 2. The zero-order valence-electron chi connectivity index (χ0n) is 8.78. The molecule has 0 aromatic carbocycles. The van der Waals surface area contributed by atoms with E-state index < -0.39 is 49.3 Å². The molecule has 0 aromatic heterocycles. The smallest absolute Gasteiger partial charge is 0.459 e. The van der Waals surface area contributed by atoms with E-state index in [0.717, 1.165) is 0 Å². The second-order valence-corrected chi connectivity index (χ2v) is 3.61. The maximum atomic E-state index is 12.7. The maximum Gasteiger partial charge on any atom is 0.459 e. The van der Waals surface area contributed by atoms with Crippen molar-refractivity contribution < 1.29 is 40.6 Å². The predicted molar refractivity (Wildman–Crippen MR) is 45.4 cm³/mol. The largest absolute Gasteiger partial charge is 0.480 e. The number of halogens is 7. The monoisotopic (exact) mass is 285 g/mol. The molecule has 0 fully saturated rings. The Labute approximate surface area is 96.7 Å². The number of alkyl halides is 7. The van der Waals surface area contributed by atoms with Crippen LogP contribution in [-0.2, 0) is 4.79 Å². The highest BCUT2D eigenvalue weighted by atomic mass is 19.4. The Morgan fingerprint density at radius 2 is 1.56 bits per heavy atom. The first-order chi connectivity index (χ1) is 7.83. The molecule has 0 saturated carbocycles. The van der Waals surface area contributed by atoms with Crippen LogP contribution in [-0.4, -0.2) is 35.1 Å². The number of rotatable bonds is 6. The van der Waals surface area contributed by atoms with Crippen molar-refractivity contribution in [2.24, 2.45) is 5.73 Å². The molecular weight excluding hydrogens is 275 g/mol. The Morgan fingerprint density at radius 3 is 1.89 bits per heavy atom. The van der Waals surface area contributed by atoms with Gasteiger partial charge in [-0.2, -0.15) is 30.7 Å². The number of aliphatic carboxylic acids is 1.